The highest BCUT2D eigenvalue weighted by Gasteiger charge is 2.22. The van der Waals surface area contributed by atoms with Gasteiger partial charge in [-0.3, -0.25) is 4.79 Å². The van der Waals surface area contributed by atoms with Gasteiger partial charge in [0, 0.05) is 0 Å². The summed E-state index contributed by atoms with van der Waals surface area (Å²) in [5.41, 5.74) is 0. The van der Waals surface area contributed by atoms with E-state index < -0.39 is 24.9 Å². The highest BCUT2D eigenvalue weighted by molar-refractivity contribution is 5.56. The van der Waals surface area contributed by atoms with E-state index >= 15 is 0 Å². The van der Waals surface area contributed by atoms with Crippen LogP contribution < -0.4 is 0 Å². The molecule has 0 aromatic carbocycles. The van der Waals surface area contributed by atoms with Gasteiger partial charge >= 0.3 is 0 Å². The predicted octanol–water partition coefficient (Wildman–Crippen LogP) is -3.04. The second-order valence-electron chi connectivity index (χ2n) is 1.97. The lowest BCUT2D eigenvalue weighted by Crippen LogP contribution is -2.40. The van der Waals surface area contributed by atoms with Crippen molar-refractivity contribution < 1.29 is 35.1 Å². The molecule has 0 radical (unpaired) electrons. The third kappa shape index (κ3) is 7.34. The zero-order valence-electron chi connectivity index (χ0n) is 6.65. The molecule has 0 aliphatic carbocycles. The lowest BCUT2D eigenvalue weighted by molar-refractivity contribution is -0.128. The third-order valence-corrected chi connectivity index (χ3v) is 1.07. The van der Waals surface area contributed by atoms with Gasteiger partial charge in [0.2, 0.25) is 0 Å². The number of aliphatic hydroxyl groups excluding tert-OH is 4. The van der Waals surface area contributed by atoms with E-state index in [2.05, 4.69) is 0 Å². The Morgan fingerprint density at radius 2 is 1.54 bits per heavy atom. The smallest absolute Gasteiger partial charge is 0.290 e. The van der Waals surface area contributed by atoms with Crippen molar-refractivity contribution in [3.8, 4) is 0 Å². The number of carbonyl (C=O) groups excluding carboxylic acids is 1. The van der Waals surface area contributed by atoms with E-state index in [-0.39, 0.29) is 12.8 Å². The fourth-order valence-corrected chi connectivity index (χ4v) is 0.416. The summed E-state index contributed by atoms with van der Waals surface area (Å²) in [7, 11) is 0. The zero-order valence-corrected chi connectivity index (χ0v) is 6.65. The van der Waals surface area contributed by atoms with E-state index in [1.807, 2.05) is 0 Å². The second kappa shape index (κ2) is 9.07. The third-order valence-electron chi connectivity index (χ3n) is 1.07. The van der Waals surface area contributed by atoms with Crippen LogP contribution in [0.15, 0.2) is 0 Å². The van der Waals surface area contributed by atoms with Crippen LogP contribution >= 0.6 is 0 Å². The molecule has 0 aliphatic heterocycles. The summed E-state index contributed by atoms with van der Waals surface area (Å²) in [6, 6.07) is 0. The Morgan fingerprint density at radius 3 is 1.77 bits per heavy atom. The van der Waals surface area contributed by atoms with Crippen LogP contribution in [0.1, 0.15) is 0 Å². The van der Waals surface area contributed by atoms with E-state index in [1.54, 1.807) is 0 Å². The number of carbonyl (C=O) groups is 2. The lowest BCUT2D eigenvalue weighted by atomic mass is 10.1. The first kappa shape index (κ1) is 14.5. The largest absolute Gasteiger partial charge is 0.483 e. The predicted molar refractivity (Wildman–Crippen MR) is 39.9 cm³/mol. The number of aliphatic hydroxyl groups is 4. The minimum atomic E-state index is -1.64. The molecule has 0 spiro atoms. The fourth-order valence-electron chi connectivity index (χ4n) is 0.416. The van der Waals surface area contributed by atoms with E-state index in [0.717, 1.165) is 0 Å². The van der Waals surface area contributed by atoms with Crippen molar-refractivity contribution in [2.24, 2.45) is 0 Å². The summed E-state index contributed by atoms with van der Waals surface area (Å²) in [6.45, 7) is -0.938. The molecular formula is C6H12O7. The molecule has 0 heterocycles. The van der Waals surface area contributed by atoms with Crippen LogP contribution in [0, 0.1) is 0 Å². The molecular weight excluding hydrogens is 184 g/mol. The minimum Gasteiger partial charge on any atom is -0.483 e. The first-order valence-corrected chi connectivity index (χ1v) is 3.23. The van der Waals surface area contributed by atoms with Gasteiger partial charge in [-0.1, -0.05) is 0 Å². The Bertz CT molecular complexity index is 137. The van der Waals surface area contributed by atoms with E-state index in [4.69, 9.17) is 30.3 Å². The van der Waals surface area contributed by atoms with Crippen molar-refractivity contribution >= 4 is 12.8 Å². The van der Waals surface area contributed by atoms with E-state index in [0.29, 0.717) is 0 Å². The van der Waals surface area contributed by atoms with Gasteiger partial charge in [-0.25, -0.2) is 0 Å². The maximum Gasteiger partial charge on any atom is 0.290 e. The number of hydrogen-bond acceptors (Lipinski definition) is 6. The molecule has 0 saturated heterocycles. The molecule has 13 heavy (non-hydrogen) atoms. The van der Waals surface area contributed by atoms with Crippen molar-refractivity contribution in [1.29, 1.82) is 0 Å². The Morgan fingerprint density at radius 1 is 1.15 bits per heavy atom. The van der Waals surface area contributed by atoms with Gasteiger partial charge in [0.1, 0.15) is 18.3 Å². The normalized spacial score (nSPS) is 16.0. The summed E-state index contributed by atoms with van der Waals surface area (Å²) in [6.07, 6.45) is -4.63. The monoisotopic (exact) mass is 196 g/mol. The molecule has 0 rings (SSSR count). The Balaban J connectivity index is 0. The zero-order chi connectivity index (χ0) is 10.9. The number of rotatable bonds is 4. The Kier molecular flexibility index (Phi) is 10.1. The molecule has 0 amide bonds. The van der Waals surface area contributed by atoms with Gasteiger partial charge < -0.3 is 30.3 Å². The highest BCUT2D eigenvalue weighted by Crippen LogP contribution is 1.96. The first-order valence-electron chi connectivity index (χ1n) is 3.23. The SMILES string of the molecule is O=CC(O)C(O)C(O)CO.O=CO. The molecule has 0 bridgehead atoms. The molecule has 0 aromatic heterocycles. The molecule has 7 heteroatoms. The molecule has 3 atom stereocenters. The van der Waals surface area contributed by atoms with Crippen LogP contribution in [0.4, 0.5) is 0 Å². The lowest BCUT2D eigenvalue weighted by Gasteiger charge is -2.16. The topological polar surface area (TPSA) is 135 Å². The summed E-state index contributed by atoms with van der Waals surface area (Å²) < 4.78 is 0. The summed E-state index contributed by atoms with van der Waals surface area (Å²) in [4.78, 5) is 18.1. The van der Waals surface area contributed by atoms with E-state index in [1.165, 1.54) is 0 Å². The molecule has 78 valence electrons. The van der Waals surface area contributed by atoms with Crippen molar-refractivity contribution in [3.63, 3.8) is 0 Å². The first-order chi connectivity index (χ1) is 6.04. The number of hydrogen-bond donors (Lipinski definition) is 5. The van der Waals surface area contributed by atoms with Crippen molar-refractivity contribution in [2.75, 3.05) is 6.61 Å². The standard InChI is InChI=1S/C5H10O5.CH2O2/c6-1-3(8)5(10)4(9)2-7;2-1-3/h1,3-5,7-10H,2H2;1H,(H,2,3). The van der Waals surface area contributed by atoms with Crippen molar-refractivity contribution in [1.82, 2.24) is 0 Å². The van der Waals surface area contributed by atoms with Crippen molar-refractivity contribution in [2.45, 2.75) is 18.3 Å². The van der Waals surface area contributed by atoms with Crippen LogP contribution in [-0.4, -0.2) is 63.2 Å². The van der Waals surface area contributed by atoms with Gasteiger partial charge in [0.15, 0.2) is 6.29 Å². The van der Waals surface area contributed by atoms with Gasteiger partial charge in [-0.2, -0.15) is 0 Å². The average Bonchev–Trinajstić information content (AvgIpc) is 2.15. The molecule has 0 aliphatic rings. The quantitative estimate of drug-likeness (QED) is 0.301. The average molecular weight is 196 g/mol. The van der Waals surface area contributed by atoms with Crippen molar-refractivity contribution in [3.05, 3.63) is 0 Å². The van der Waals surface area contributed by atoms with Crippen LogP contribution in [0.2, 0.25) is 0 Å². The van der Waals surface area contributed by atoms with Gasteiger partial charge in [-0.05, 0) is 0 Å². The fraction of sp³-hybridized carbons (Fsp3) is 0.667. The molecule has 0 aromatic rings. The van der Waals surface area contributed by atoms with Crippen LogP contribution in [0.25, 0.3) is 0 Å². The minimum absolute atomic E-state index is 0.0869. The number of aldehydes is 1. The molecule has 0 fully saturated rings. The highest BCUT2D eigenvalue weighted by atomic mass is 16.4. The van der Waals surface area contributed by atoms with Crippen LogP contribution in [-0.2, 0) is 9.59 Å². The van der Waals surface area contributed by atoms with Crippen LogP contribution in [0.5, 0.6) is 0 Å². The van der Waals surface area contributed by atoms with Gasteiger partial charge in [0.05, 0.1) is 6.61 Å². The Labute approximate surface area is 73.9 Å². The van der Waals surface area contributed by atoms with E-state index in [9.17, 15) is 4.79 Å². The molecule has 7 nitrogen and oxygen atoms in total. The maximum absolute atomic E-state index is 9.76. The Hall–Kier alpha value is -1.02. The molecule has 5 N–H and O–H groups in total. The summed E-state index contributed by atoms with van der Waals surface area (Å²) in [5, 5.41) is 40.9. The molecule has 0 saturated carbocycles. The van der Waals surface area contributed by atoms with Gasteiger partial charge in [-0.15, -0.1) is 0 Å². The number of carboxylic acid groups (broad SMARTS) is 1. The van der Waals surface area contributed by atoms with Crippen LogP contribution in [0.3, 0.4) is 0 Å². The van der Waals surface area contributed by atoms with Gasteiger partial charge in [0.25, 0.3) is 6.47 Å². The maximum atomic E-state index is 9.76. The second-order valence-corrected chi connectivity index (χ2v) is 1.97. The summed E-state index contributed by atoms with van der Waals surface area (Å²) in [5.74, 6) is 0. The summed E-state index contributed by atoms with van der Waals surface area (Å²) >= 11 is 0. The molecule has 3 unspecified atom stereocenters.